The second-order valence-corrected chi connectivity index (χ2v) is 4.78. The minimum atomic E-state index is -1.03. The lowest BCUT2D eigenvalue weighted by Gasteiger charge is -2.08. The molecule has 2 aromatic carbocycles. The van der Waals surface area contributed by atoms with Gasteiger partial charge >= 0.3 is 5.97 Å². The molecule has 3 nitrogen and oxygen atoms in total. The van der Waals surface area contributed by atoms with Crippen LogP contribution in [0.1, 0.15) is 10.5 Å². The van der Waals surface area contributed by atoms with Gasteiger partial charge in [0.25, 0.3) is 0 Å². The van der Waals surface area contributed by atoms with Gasteiger partial charge in [-0.1, -0.05) is 48.0 Å². The third kappa shape index (κ3) is 2.12. The monoisotopic (exact) mass is 283 g/mol. The molecule has 20 heavy (non-hydrogen) atoms. The first-order chi connectivity index (χ1) is 9.66. The third-order valence-electron chi connectivity index (χ3n) is 3.16. The maximum atomic E-state index is 10.8. The fourth-order valence-electron chi connectivity index (χ4n) is 2.19. The molecule has 1 aromatic heterocycles. The van der Waals surface area contributed by atoms with Crippen molar-refractivity contribution < 1.29 is 9.90 Å². The van der Waals surface area contributed by atoms with Crippen molar-refractivity contribution in [3.63, 3.8) is 0 Å². The summed E-state index contributed by atoms with van der Waals surface area (Å²) >= 11 is 6.19. The number of carboxylic acids is 1. The fourth-order valence-corrected chi connectivity index (χ4v) is 2.42. The number of carbonyl (C=O) groups is 1. The first-order valence-corrected chi connectivity index (χ1v) is 6.41. The number of aromatic nitrogens is 1. The molecule has 0 unspecified atom stereocenters. The Balaban J connectivity index is 2.19. The van der Waals surface area contributed by atoms with Crippen LogP contribution in [0.5, 0.6) is 0 Å². The van der Waals surface area contributed by atoms with Crippen molar-refractivity contribution in [1.29, 1.82) is 0 Å². The first kappa shape index (κ1) is 12.6. The van der Waals surface area contributed by atoms with Crippen LogP contribution in [0, 0.1) is 0 Å². The van der Waals surface area contributed by atoms with E-state index in [1.165, 1.54) is 6.07 Å². The van der Waals surface area contributed by atoms with Crippen LogP contribution in [0.3, 0.4) is 0 Å². The molecule has 98 valence electrons. The van der Waals surface area contributed by atoms with E-state index >= 15 is 0 Å². The van der Waals surface area contributed by atoms with E-state index in [9.17, 15) is 4.79 Å². The quantitative estimate of drug-likeness (QED) is 0.765. The number of hydrogen-bond acceptors (Lipinski definition) is 2. The number of rotatable bonds is 2. The maximum Gasteiger partial charge on any atom is 0.354 e. The zero-order chi connectivity index (χ0) is 14.1. The van der Waals surface area contributed by atoms with Crippen molar-refractivity contribution in [3.05, 3.63) is 65.4 Å². The Morgan fingerprint density at radius 1 is 1.00 bits per heavy atom. The largest absolute Gasteiger partial charge is 0.477 e. The predicted octanol–water partition coefficient (Wildman–Crippen LogP) is 4.25. The third-order valence-corrected chi connectivity index (χ3v) is 3.49. The van der Waals surface area contributed by atoms with Crippen LogP contribution < -0.4 is 0 Å². The van der Waals surface area contributed by atoms with Crippen molar-refractivity contribution >= 4 is 28.3 Å². The van der Waals surface area contributed by atoms with Gasteiger partial charge in [0.1, 0.15) is 5.69 Å². The highest BCUT2D eigenvalue weighted by atomic mass is 35.5. The number of halogens is 1. The summed E-state index contributed by atoms with van der Waals surface area (Å²) in [7, 11) is 0. The number of benzene rings is 2. The van der Waals surface area contributed by atoms with Gasteiger partial charge in [-0.3, -0.25) is 0 Å². The van der Waals surface area contributed by atoms with E-state index in [0.717, 1.165) is 21.9 Å². The zero-order valence-corrected chi connectivity index (χ0v) is 11.1. The Kier molecular flexibility index (Phi) is 3.12. The molecule has 0 atom stereocenters. The molecule has 0 aliphatic heterocycles. The average Bonchev–Trinajstić information content (AvgIpc) is 2.48. The minimum absolute atomic E-state index is 0.0343. The Hall–Kier alpha value is -2.39. The van der Waals surface area contributed by atoms with E-state index in [2.05, 4.69) is 4.98 Å². The van der Waals surface area contributed by atoms with Gasteiger partial charge in [0.2, 0.25) is 0 Å². The van der Waals surface area contributed by atoms with Gasteiger partial charge in [-0.05, 0) is 23.1 Å². The first-order valence-electron chi connectivity index (χ1n) is 6.04. The molecular formula is C16H10ClNO2. The van der Waals surface area contributed by atoms with Crippen molar-refractivity contribution in [2.75, 3.05) is 0 Å². The van der Waals surface area contributed by atoms with E-state index in [1.54, 1.807) is 12.3 Å². The number of hydrogen-bond donors (Lipinski definition) is 1. The molecule has 0 aliphatic carbocycles. The number of pyridine rings is 1. The lowest BCUT2D eigenvalue weighted by molar-refractivity contribution is 0.0690. The standard InChI is InChI=1S/C16H10ClNO2/c17-14-7-6-11(12-3-1-2-4-13(12)14)10-5-8-15(16(19)20)18-9-10/h1-9H,(H,19,20). The summed E-state index contributed by atoms with van der Waals surface area (Å²) in [6.45, 7) is 0. The van der Waals surface area contributed by atoms with Gasteiger partial charge < -0.3 is 5.11 Å². The highest BCUT2D eigenvalue weighted by Gasteiger charge is 2.08. The highest BCUT2D eigenvalue weighted by molar-refractivity contribution is 6.36. The molecule has 0 saturated carbocycles. The van der Waals surface area contributed by atoms with Gasteiger partial charge in [0.15, 0.2) is 0 Å². The van der Waals surface area contributed by atoms with Crippen LogP contribution >= 0.6 is 11.6 Å². The summed E-state index contributed by atoms with van der Waals surface area (Å²) < 4.78 is 0. The lowest BCUT2D eigenvalue weighted by atomic mass is 9.99. The van der Waals surface area contributed by atoms with Gasteiger partial charge in [-0.25, -0.2) is 9.78 Å². The number of carboxylic acid groups (broad SMARTS) is 1. The van der Waals surface area contributed by atoms with Crippen LogP contribution in [0.15, 0.2) is 54.7 Å². The number of aromatic carboxylic acids is 1. The molecule has 0 fully saturated rings. The molecule has 0 saturated heterocycles. The summed E-state index contributed by atoms with van der Waals surface area (Å²) in [4.78, 5) is 14.8. The lowest BCUT2D eigenvalue weighted by Crippen LogP contribution is -1.99. The summed E-state index contributed by atoms with van der Waals surface area (Å²) in [6.07, 6.45) is 1.57. The van der Waals surface area contributed by atoms with Gasteiger partial charge in [0.05, 0.1) is 0 Å². The molecular weight excluding hydrogens is 274 g/mol. The Morgan fingerprint density at radius 2 is 1.75 bits per heavy atom. The van der Waals surface area contributed by atoms with Crippen molar-refractivity contribution in [2.24, 2.45) is 0 Å². The number of nitrogens with zero attached hydrogens (tertiary/aromatic N) is 1. The van der Waals surface area contributed by atoms with Crippen molar-refractivity contribution in [3.8, 4) is 11.1 Å². The second-order valence-electron chi connectivity index (χ2n) is 4.38. The fraction of sp³-hybridized carbons (Fsp3) is 0. The second kappa shape index (κ2) is 4.94. The number of fused-ring (bicyclic) bond motifs is 1. The molecule has 1 N–H and O–H groups in total. The average molecular weight is 284 g/mol. The minimum Gasteiger partial charge on any atom is -0.477 e. The van der Waals surface area contributed by atoms with E-state index in [0.29, 0.717) is 5.02 Å². The zero-order valence-electron chi connectivity index (χ0n) is 10.4. The summed E-state index contributed by atoms with van der Waals surface area (Å²) in [5.41, 5.74) is 1.88. The smallest absolute Gasteiger partial charge is 0.354 e. The summed E-state index contributed by atoms with van der Waals surface area (Å²) in [5.74, 6) is -1.03. The maximum absolute atomic E-state index is 10.8. The van der Waals surface area contributed by atoms with Gasteiger partial charge in [-0.15, -0.1) is 0 Å². The molecule has 4 heteroatoms. The topological polar surface area (TPSA) is 50.2 Å². The normalized spacial score (nSPS) is 10.7. The van der Waals surface area contributed by atoms with Crippen LogP contribution in [0.4, 0.5) is 0 Å². The Bertz CT molecular complexity index is 797. The van der Waals surface area contributed by atoms with Crippen LogP contribution in [-0.4, -0.2) is 16.1 Å². The van der Waals surface area contributed by atoms with E-state index < -0.39 is 5.97 Å². The van der Waals surface area contributed by atoms with Crippen molar-refractivity contribution in [1.82, 2.24) is 4.98 Å². The molecule has 3 aromatic rings. The molecule has 0 amide bonds. The van der Waals surface area contributed by atoms with E-state index in [1.807, 2.05) is 36.4 Å². The Labute approximate surface area is 120 Å². The predicted molar refractivity (Wildman–Crippen MR) is 79.1 cm³/mol. The summed E-state index contributed by atoms with van der Waals surface area (Å²) in [6, 6.07) is 14.8. The Morgan fingerprint density at radius 3 is 2.40 bits per heavy atom. The molecule has 0 bridgehead atoms. The van der Waals surface area contributed by atoms with Crippen LogP contribution in [-0.2, 0) is 0 Å². The molecule has 0 radical (unpaired) electrons. The van der Waals surface area contributed by atoms with Crippen LogP contribution in [0.2, 0.25) is 5.02 Å². The van der Waals surface area contributed by atoms with Gasteiger partial charge in [0, 0.05) is 22.2 Å². The van der Waals surface area contributed by atoms with E-state index in [4.69, 9.17) is 16.7 Å². The van der Waals surface area contributed by atoms with E-state index in [-0.39, 0.29) is 5.69 Å². The summed E-state index contributed by atoms with van der Waals surface area (Å²) in [5, 5.41) is 11.6. The molecule has 3 rings (SSSR count). The van der Waals surface area contributed by atoms with Gasteiger partial charge in [-0.2, -0.15) is 0 Å². The van der Waals surface area contributed by atoms with Crippen LogP contribution in [0.25, 0.3) is 21.9 Å². The molecule has 0 spiro atoms. The molecule has 1 heterocycles. The molecule has 0 aliphatic rings. The van der Waals surface area contributed by atoms with Crippen molar-refractivity contribution in [2.45, 2.75) is 0 Å². The SMILES string of the molecule is O=C(O)c1ccc(-c2ccc(Cl)c3ccccc23)cn1. The highest BCUT2D eigenvalue weighted by Crippen LogP contribution is 2.32.